The number of carbonyl (C=O) groups excluding carboxylic acids is 1. The summed E-state index contributed by atoms with van der Waals surface area (Å²) in [5.74, 6) is 1.11. The third-order valence-corrected chi connectivity index (χ3v) is 5.48. The Balaban J connectivity index is 1.27. The lowest BCUT2D eigenvalue weighted by molar-refractivity contribution is -0.00890. The maximum Gasteiger partial charge on any atom is 0.321 e. The van der Waals surface area contributed by atoms with Gasteiger partial charge >= 0.3 is 6.03 Å². The van der Waals surface area contributed by atoms with Gasteiger partial charge in [-0.05, 0) is 44.4 Å². The second-order valence-electron chi connectivity index (χ2n) is 7.41. The van der Waals surface area contributed by atoms with Crippen LogP contribution in [0, 0.1) is 5.92 Å². The number of hydrogen-bond acceptors (Lipinski definition) is 4. The molecule has 0 spiro atoms. The van der Waals surface area contributed by atoms with E-state index in [1.165, 1.54) is 32.1 Å². The van der Waals surface area contributed by atoms with Crippen LogP contribution in [0.15, 0.2) is 6.33 Å². The number of nitrogens with one attached hydrogen (secondary N) is 2. The first-order valence-corrected chi connectivity index (χ1v) is 9.38. The van der Waals surface area contributed by atoms with Gasteiger partial charge in [-0.1, -0.05) is 19.3 Å². The molecule has 3 aliphatic rings. The quantitative estimate of drug-likeness (QED) is 0.888. The molecular weight excluding hydrogens is 306 g/mol. The molecule has 2 atom stereocenters. The van der Waals surface area contributed by atoms with E-state index in [0.29, 0.717) is 24.0 Å². The van der Waals surface area contributed by atoms with Crippen LogP contribution in [0.4, 0.5) is 10.7 Å². The smallest absolute Gasteiger partial charge is 0.321 e. The van der Waals surface area contributed by atoms with Crippen molar-refractivity contribution in [3.63, 3.8) is 0 Å². The van der Waals surface area contributed by atoms with E-state index in [2.05, 4.69) is 20.7 Å². The van der Waals surface area contributed by atoms with Gasteiger partial charge in [-0.2, -0.15) is 0 Å². The van der Waals surface area contributed by atoms with Gasteiger partial charge in [0.15, 0.2) is 0 Å². The van der Waals surface area contributed by atoms with E-state index in [1.807, 2.05) is 4.68 Å². The highest BCUT2D eigenvalue weighted by Crippen LogP contribution is 2.38. The minimum atomic E-state index is -0.210. The largest absolute Gasteiger partial charge is 0.378 e. The Labute approximate surface area is 142 Å². The standard InChI is InChI=1S/C17H27N5O2/c23-17(19-13-8-9-24-15(10-13)12-6-7-12)20-16-18-11-22(21-16)14-4-2-1-3-5-14/h11-15H,1-10H2,(H2,19,20,21,23)/t13-,15+/m0/s1. The number of anilines is 1. The fourth-order valence-electron chi connectivity index (χ4n) is 3.93. The van der Waals surface area contributed by atoms with Gasteiger partial charge in [-0.15, -0.1) is 5.10 Å². The highest BCUT2D eigenvalue weighted by Gasteiger charge is 2.36. The van der Waals surface area contributed by atoms with Crippen molar-refractivity contribution in [3.05, 3.63) is 6.33 Å². The van der Waals surface area contributed by atoms with E-state index in [-0.39, 0.29) is 12.1 Å². The van der Waals surface area contributed by atoms with Crippen LogP contribution >= 0.6 is 0 Å². The molecule has 2 N–H and O–H groups in total. The summed E-state index contributed by atoms with van der Waals surface area (Å²) < 4.78 is 7.71. The van der Waals surface area contributed by atoms with Gasteiger partial charge in [0.2, 0.25) is 5.95 Å². The molecular formula is C17H27N5O2. The molecule has 1 saturated heterocycles. The average Bonchev–Trinajstić information content (AvgIpc) is 3.36. The monoisotopic (exact) mass is 333 g/mol. The Bertz CT molecular complexity index is 565. The molecule has 2 amide bonds. The molecule has 0 aromatic carbocycles. The third kappa shape index (κ3) is 3.88. The third-order valence-electron chi connectivity index (χ3n) is 5.48. The molecule has 1 aliphatic heterocycles. The van der Waals surface area contributed by atoms with Crippen molar-refractivity contribution >= 4 is 12.0 Å². The second kappa shape index (κ2) is 7.09. The van der Waals surface area contributed by atoms with Crippen molar-refractivity contribution in [2.45, 2.75) is 76.0 Å². The number of rotatable bonds is 4. The first-order chi connectivity index (χ1) is 11.8. The molecule has 1 aromatic rings. The van der Waals surface area contributed by atoms with Crippen LogP contribution < -0.4 is 10.6 Å². The number of ether oxygens (including phenoxy) is 1. The van der Waals surface area contributed by atoms with Crippen molar-refractivity contribution in [1.82, 2.24) is 20.1 Å². The summed E-state index contributed by atoms with van der Waals surface area (Å²) in [5.41, 5.74) is 0. The topological polar surface area (TPSA) is 81.1 Å². The van der Waals surface area contributed by atoms with Crippen molar-refractivity contribution < 1.29 is 9.53 Å². The predicted octanol–water partition coefficient (Wildman–Crippen LogP) is 2.86. The van der Waals surface area contributed by atoms with E-state index < -0.39 is 0 Å². The van der Waals surface area contributed by atoms with Crippen LogP contribution in [-0.2, 0) is 4.74 Å². The minimum absolute atomic E-state index is 0.185. The molecule has 7 nitrogen and oxygen atoms in total. The Kier molecular flexibility index (Phi) is 4.69. The highest BCUT2D eigenvalue weighted by molar-refractivity contribution is 5.87. The number of urea groups is 1. The summed E-state index contributed by atoms with van der Waals surface area (Å²) in [6, 6.07) is 0.405. The molecule has 4 rings (SSSR count). The molecule has 1 aromatic heterocycles. The number of nitrogens with zero attached hydrogens (tertiary/aromatic N) is 3. The van der Waals surface area contributed by atoms with Crippen molar-refractivity contribution in [1.29, 1.82) is 0 Å². The normalized spacial score (nSPS) is 28.5. The zero-order chi connectivity index (χ0) is 16.4. The van der Waals surface area contributed by atoms with Gasteiger partial charge in [-0.3, -0.25) is 5.32 Å². The summed E-state index contributed by atoms with van der Waals surface area (Å²) in [6.07, 6.45) is 12.5. The van der Waals surface area contributed by atoms with E-state index in [1.54, 1.807) is 6.33 Å². The summed E-state index contributed by atoms with van der Waals surface area (Å²) in [4.78, 5) is 16.4. The molecule has 2 saturated carbocycles. The van der Waals surface area contributed by atoms with Crippen LogP contribution in [0.3, 0.4) is 0 Å². The van der Waals surface area contributed by atoms with Crippen molar-refractivity contribution in [2.75, 3.05) is 11.9 Å². The lowest BCUT2D eigenvalue weighted by Gasteiger charge is -2.30. The predicted molar refractivity (Wildman–Crippen MR) is 89.8 cm³/mol. The van der Waals surface area contributed by atoms with Crippen LogP contribution in [-0.4, -0.2) is 39.5 Å². The fraction of sp³-hybridized carbons (Fsp3) is 0.824. The minimum Gasteiger partial charge on any atom is -0.378 e. The number of hydrogen-bond donors (Lipinski definition) is 2. The maximum absolute atomic E-state index is 12.2. The zero-order valence-corrected chi connectivity index (χ0v) is 14.1. The van der Waals surface area contributed by atoms with E-state index in [4.69, 9.17) is 4.74 Å². The fourth-order valence-corrected chi connectivity index (χ4v) is 3.93. The second-order valence-corrected chi connectivity index (χ2v) is 7.41. The lowest BCUT2D eigenvalue weighted by atomic mass is 9.96. The van der Waals surface area contributed by atoms with Crippen molar-refractivity contribution in [2.24, 2.45) is 5.92 Å². The van der Waals surface area contributed by atoms with Gasteiger partial charge < -0.3 is 10.1 Å². The van der Waals surface area contributed by atoms with Crippen LogP contribution in [0.25, 0.3) is 0 Å². The molecule has 3 fully saturated rings. The van der Waals surface area contributed by atoms with Crippen LogP contribution in [0.1, 0.15) is 63.8 Å². The van der Waals surface area contributed by atoms with Crippen molar-refractivity contribution in [3.8, 4) is 0 Å². The number of carbonyl (C=O) groups is 1. The summed E-state index contributed by atoms with van der Waals surface area (Å²) in [7, 11) is 0. The first-order valence-electron chi connectivity index (χ1n) is 9.38. The highest BCUT2D eigenvalue weighted by atomic mass is 16.5. The maximum atomic E-state index is 12.2. The van der Waals surface area contributed by atoms with Gasteiger partial charge in [0, 0.05) is 12.6 Å². The Morgan fingerprint density at radius 3 is 2.79 bits per heavy atom. The van der Waals surface area contributed by atoms with E-state index in [0.717, 1.165) is 32.3 Å². The van der Waals surface area contributed by atoms with Crippen LogP contribution in [0.5, 0.6) is 0 Å². The van der Waals surface area contributed by atoms with Gasteiger partial charge in [-0.25, -0.2) is 14.5 Å². The molecule has 0 radical (unpaired) electrons. The van der Waals surface area contributed by atoms with Crippen LogP contribution in [0.2, 0.25) is 0 Å². The molecule has 0 bridgehead atoms. The molecule has 7 heteroatoms. The average molecular weight is 333 g/mol. The molecule has 2 aliphatic carbocycles. The molecule has 24 heavy (non-hydrogen) atoms. The summed E-state index contributed by atoms with van der Waals surface area (Å²) >= 11 is 0. The zero-order valence-electron chi connectivity index (χ0n) is 14.1. The Morgan fingerprint density at radius 1 is 1.17 bits per heavy atom. The number of aromatic nitrogens is 3. The lowest BCUT2D eigenvalue weighted by Crippen LogP contribution is -2.44. The Morgan fingerprint density at radius 2 is 2.00 bits per heavy atom. The van der Waals surface area contributed by atoms with Gasteiger partial charge in [0.1, 0.15) is 6.33 Å². The first kappa shape index (κ1) is 15.9. The number of amides is 2. The molecule has 2 heterocycles. The van der Waals surface area contributed by atoms with E-state index >= 15 is 0 Å². The van der Waals surface area contributed by atoms with Gasteiger partial charge in [0.25, 0.3) is 0 Å². The SMILES string of the molecule is O=C(Nc1ncn(C2CCCCC2)n1)N[C@H]1CCO[C@@H](C2CC2)C1. The van der Waals surface area contributed by atoms with E-state index in [9.17, 15) is 4.79 Å². The molecule has 0 unspecified atom stereocenters. The summed E-state index contributed by atoms with van der Waals surface area (Å²) in [5, 5.41) is 10.3. The Hall–Kier alpha value is -1.63. The molecule has 132 valence electrons. The summed E-state index contributed by atoms with van der Waals surface area (Å²) in [6.45, 7) is 0.737. The van der Waals surface area contributed by atoms with Gasteiger partial charge in [0.05, 0.1) is 12.1 Å².